The van der Waals surface area contributed by atoms with Gasteiger partial charge < -0.3 is 5.73 Å². The summed E-state index contributed by atoms with van der Waals surface area (Å²) >= 11 is 0. The summed E-state index contributed by atoms with van der Waals surface area (Å²) in [6, 6.07) is 0. The molecule has 0 aliphatic carbocycles. The summed E-state index contributed by atoms with van der Waals surface area (Å²) in [6.45, 7) is 0. The average Bonchev–Trinajstić information content (AvgIpc) is 1.87. The third-order valence-electron chi connectivity index (χ3n) is 0.519. The molecule has 0 amide bonds. The van der Waals surface area contributed by atoms with Gasteiger partial charge >= 0.3 is 5.69 Å². The molecule has 0 fully saturated rings. The van der Waals surface area contributed by atoms with E-state index in [1.807, 2.05) is 0 Å². The summed E-state index contributed by atoms with van der Waals surface area (Å²) in [5, 5.41) is 5.38. The predicted octanol–water partition coefficient (Wildman–Crippen LogP) is -1.32. The summed E-state index contributed by atoms with van der Waals surface area (Å²) in [5.74, 6) is 0.116. The fraction of sp³-hybridized carbons (Fsp3) is 0. The molecule has 5 nitrogen and oxygen atoms in total. The van der Waals surface area contributed by atoms with Gasteiger partial charge in [0, 0.05) is 0 Å². The molecular weight excluding hydrogens is 96.0 g/mol. The van der Waals surface area contributed by atoms with Crippen molar-refractivity contribution in [3.8, 4) is 0 Å². The molecule has 0 saturated carbocycles. The summed E-state index contributed by atoms with van der Waals surface area (Å²) in [4.78, 5) is 12.2. The zero-order valence-electron chi connectivity index (χ0n) is 3.43. The lowest BCUT2D eigenvalue weighted by atomic mass is 11.1. The van der Waals surface area contributed by atoms with Gasteiger partial charge in [0.15, 0.2) is 0 Å². The van der Waals surface area contributed by atoms with E-state index in [2.05, 4.69) is 15.2 Å². The van der Waals surface area contributed by atoms with E-state index in [9.17, 15) is 4.79 Å². The fourth-order valence-corrected chi connectivity index (χ4v) is 0.283. The Labute approximate surface area is 38.5 Å². The second-order valence-electron chi connectivity index (χ2n) is 1.06. The van der Waals surface area contributed by atoms with Gasteiger partial charge in [0.05, 0.1) is 0 Å². The van der Waals surface area contributed by atoms with Crippen LogP contribution in [-0.4, -0.2) is 15.2 Å². The van der Waals surface area contributed by atoms with Crippen molar-refractivity contribution < 1.29 is 0 Å². The van der Waals surface area contributed by atoms with Crippen LogP contribution in [-0.2, 0) is 0 Å². The van der Waals surface area contributed by atoms with Crippen molar-refractivity contribution >= 4 is 5.95 Å². The molecule has 1 rings (SSSR count). The molecule has 38 valence electrons. The number of nitrogens with one attached hydrogen (secondary N) is 2. The SMILES string of the molecule is Nc1n[nH]c(=O)[nH]1. The summed E-state index contributed by atoms with van der Waals surface area (Å²) in [5.41, 5.74) is 4.60. The minimum atomic E-state index is -0.377. The number of rotatable bonds is 0. The molecule has 1 aromatic heterocycles. The standard InChI is InChI=1S/C2H4N4O/c3-1-4-2(7)6-5-1/h(H4,3,4,5,6,7). The Morgan fingerprint density at radius 1 is 1.71 bits per heavy atom. The molecule has 4 N–H and O–H groups in total. The fourth-order valence-electron chi connectivity index (χ4n) is 0.283. The number of nitrogens with two attached hydrogens (primary N) is 1. The van der Waals surface area contributed by atoms with E-state index >= 15 is 0 Å². The molecule has 5 heteroatoms. The Hall–Kier alpha value is -1.26. The molecule has 0 saturated heterocycles. The second-order valence-corrected chi connectivity index (χ2v) is 1.06. The van der Waals surface area contributed by atoms with E-state index in [1.165, 1.54) is 0 Å². The van der Waals surface area contributed by atoms with Crippen molar-refractivity contribution in [2.45, 2.75) is 0 Å². The largest absolute Gasteiger partial charge is 0.368 e. The molecule has 1 aromatic rings. The topological polar surface area (TPSA) is 87.6 Å². The van der Waals surface area contributed by atoms with Crippen LogP contribution in [0.2, 0.25) is 0 Å². The smallest absolute Gasteiger partial charge is 0.342 e. The second kappa shape index (κ2) is 1.11. The van der Waals surface area contributed by atoms with Gasteiger partial charge in [0.2, 0.25) is 5.95 Å². The van der Waals surface area contributed by atoms with Gasteiger partial charge in [0.25, 0.3) is 0 Å². The number of nitrogens with zero attached hydrogens (tertiary/aromatic N) is 1. The highest BCUT2D eigenvalue weighted by atomic mass is 16.1. The van der Waals surface area contributed by atoms with Crippen molar-refractivity contribution in [3.05, 3.63) is 10.5 Å². The van der Waals surface area contributed by atoms with E-state index in [0.717, 1.165) is 0 Å². The minimum Gasteiger partial charge on any atom is -0.368 e. The van der Waals surface area contributed by atoms with Crippen molar-refractivity contribution in [3.63, 3.8) is 0 Å². The number of hydrogen-bond donors (Lipinski definition) is 3. The van der Waals surface area contributed by atoms with E-state index in [-0.39, 0.29) is 11.6 Å². The number of hydrogen-bond acceptors (Lipinski definition) is 3. The first-order valence-corrected chi connectivity index (χ1v) is 1.69. The van der Waals surface area contributed by atoms with Crippen LogP contribution >= 0.6 is 0 Å². The van der Waals surface area contributed by atoms with Crippen LogP contribution < -0.4 is 11.4 Å². The number of anilines is 1. The zero-order chi connectivity index (χ0) is 5.28. The monoisotopic (exact) mass is 100 g/mol. The average molecular weight is 100 g/mol. The molecule has 0 aliphatic rings. The van der Waals surface area contributed by atoms with E-state index < -0.39 is 0 Å². The summed E-state index contributed by atoms with van der Waals surface area (Å²) in [6.07, 6.45) is 0. The highest BCUT2D eigenvalue weighted by Gasteiger charge is 1.83. The molecule has 0 bridgehead atoms. The zero-order valence-corrected chi connectivity index (χ0v) is 3.43. The van der Waals surface area contributed by atoms with Gasteiger partial charge in [0.1, 0.15) is 0 Å². The molecule has 0 unspecified atom stereocenters. The van der Waals surface area contributed by atoms with Crippen molar-refractivity contribution in [1.29, 1.82) is 0 Å². The Balaban J connectivity index is 3.30. The van der Waals surface area contributed by atoms with Crippen LogP contribution in [0.4, 0.5) is 5.95 Å². The minimum absolute atomic E-state index is 0.116. The first-order chi connectivity index (χ1) is 3.29. The third-order valence-corrected chi connectivity index (χ3v) is 0.519. The maximum Gasteiger partial charge on any atom is 0.342 e. The molecule has 0 aromatic carbocycles. The van der Waals surface area contributed by atoms with Crippen molar-refractivity contribution in [1.82, 2.24) is 15.2 Å². The highest BCUT2D eigenvalue weighted by molar-refractivity contribution is 5.08. The quantitative estimate of drug-likeness (QED) is 0.378. The van der Waals surface area contributed by atoms with Gasteiger partial charge in [-0.2, -0.15) is 0 Å². The van der Waals surface area contributed by atoms with Crippen molar-refractivity contribution in [2.75, 3.05) is 5.73 Å². The van der Waals surface area contributed by atoms with Crippen LogP contribution in [0.15, 0.2) is 4.79 Å². The maximum atomic E-state index is 10.0. The normalized spacial score (nSPS) is 9.14. The maximum absolute atomic E-state index is 10.0. The van der Waals surface area contributed by atoms with E-state index in [4.69, 9.17) is 5.73 Å². The van der Waals surface area contributed by atoms with Gasteiger partial charge in [-0.25, -0.2) is 9.89 Å². The van der Waals surface area contributed by atoms with E-state index in [1.54, 1.807) is 0 Å². The Morgan fingerprint density at radius 2 is 2.43 bits per heavy atom. The van der Waals surface area contributed by atoms with Crippen LogP contribution in [0, 0.1) is 0 Å². The van der Waals surface area contributed by atoms with E-state index in [0.29, 0.717) is 0 Å². The first-order valence-electron chi connectivity index (χ1n) is 1.69. The lowest BCUT2D eigenvalue weighted by Gasteiger charge is -1.67. The van der Waals surface area contributed by atoms with Crippen LogP contribution in [0.5, 0.6) is 0 Å². The Kier molecular flexibility index (Phi) is 0.619. The number of aromatic nitrogens is 3. The highest BCUT2D eigenvalue weighted by Crippen LogP contribution is 1.71. The molecule has 0 radical (unpaired) electrons. The first kappa shape index (κ1) is 3.91. The van der Waals surface area contributed by atoms with Crippen LogP contribution in [0.25, 0.3) is 0 Å². The summed E-state index contributed by atoms with van der Waals surface area (Å²) < 4.78 is 0. The lowest BCUT2D eigenvalue weighted by Crippen LogP contribution is -2.00. The number of H-pyrrole nitrogens is 2. The molecule has 7 heavy (non-hydrogen) atoms. The lowest BCUT2D eigenvalue weighted by molar-refractivity contribution is 1.05. The predicted molar refractivity (Wildman–Crippen MR) is 23.6 cm³/mol. The Bertz CT molecular complexity index is 197. The van der Waals surface area contributed by atoms with Gasteiger partial charge in [-0.3, -0.25) is 4.98 Å². The molecule has 0 spiro atoms. The molecular formula is C2H4N4O. The molecule has 0 atom stereocenters. The van der Waals surface area contributed by atoms with Gasteiger partial charge in [-0.1, -0.05) is 0 Å². The number of aromatic amines is 2. The molecule has 1 heterocycles. The number of nitrogen functional groups attached to an aromatic ring is 1. The summed E-state index contributed by atoms with van der Waals surface area (Å²) in [7, 11) is 0. The van der Waals surface area contributed by atoms with Crippen LogP contribution in [0.3, 0.4) is 0 Å². The van der Waals surface area contributed by atoms with Gasteiger partial charge in [-0.05, 0) is 0 Å². The molecule has 0 aliphatic heterocycles. The van der Waals surface area contributed by atoms with Crippen LogP contribution in [0.1, 0.15) is 0 Å². The van der Waals surface area contributed by atoms with Crippen molar-refractivity contribution in [2.24, 2.45) is 0 Å². The Morgan fingerprint density at radius 3 is 2.57 bits per heavy atom. The van der Waals surface area contributed by atoms with Gasteiger partial charge in [-0.15, -0.1) is 5.10 Å². The third kappa shape index (κ3) is 0.594.